The van der Waals surface area contributed by atoms with Crippen molar-refractivity contribution in [1.29, 1.82) is 0 Å². The van der Waals surface area contributed by atoms with Crippen LogP contribution in [0.3, 0.4) is 0 Å². The molecule has 0 spiro atoms. The Bertz CT molecular complexity index is 982. The summed E-state index contributed by atoms with van der Waals surface area (Å²) in [5.41, 5.74) is 2.66. The number of hydrogen-bond acceptors (Lipinski definition) is 6. The van der Waals surface area contributed by atoms with Crippen molar-refractivity contribution in [3.63, 3.8) is 0 Å². The summed E-state index contributed by atoms with van der Waals surface area (Å²) in [6.07, 6.45) is 0. The van der Waals surface area contributed by atoms with E-state index in [1.807, 2.05) is 38.1 Å². The van der Waals surface area contributed by atoms with Gasteiger partial charge in [0.2, 0.25) is 12.6 Å². The quantitative estimate of drug-likeness (QED) is 0.723. The molecule has 0 bridgehead atoms. The van der Waals surface area contributed by atoms with Crippen molar-refractivity contribution in [1.82, 2.24) is 24.5 Å². The second kappa shape index (κ2) is 5.73. The minimum absolute atomic E-state index is 0.129. The monoisotopic (exact) mass is 339 g/mol. The molecule has 2 aromatic heterocycles. The summed E-state index contributed by atoms with van der Waals surface area (Å²) >= 11 is 0. The number of carbonyl (C=O) groups is 1. The van der Waals surface area contributed by atoms with Crippen LogP contribution >= 0.6 is 0 Å². The highest BCUT2D eigenvalue weighted by molar-refractivity contribution is 5.90. The lowest BCUT2D eigenvalue weighted by Crippen LogP contribution is -2.27. The zero-order valence-electron chi connectivity index (χ0n) is 14.2. The highest BCUT2D eigenvalue weighted by atomic mass is 16.7. The van der Waals surface area contributed by atoms with E-state index in [0.29, 0.717) is 18.1 Å². The third-order valence-electron chi connectivity index (χ3n) is 4.01. The van der Waals surface area contributed by atoms with E-state index in [9.17, 15) is 4.79 Å². The summed E-state index contributed by atoms with van der Waals surface area (Å²) in [5, 5.41) is 4.28. The molecule has 0 fully saturated rings. The largest absolute Gasteiger partial charge is 0.454 e. The predicted octanol–water partition coefficient (Wildman–Crippen LogP) is 1.74. The van der Waals surface area contributed by atoms with Crippen molar-refractivity contribution in [2.24, 2.45) is 0 Å². The molecule has 0 unspecified atom stereocenters. The van der Waals surface area contributed by atoms with Crippen LogP contribution in [0.5, 0.6) is 11.5 Å². The number of carbonyl (C=O) groups excluding carboxylic acids is 1. The summed E-state index contributed by atoms with van der Waals surface area (Å²) in [6.45, 7) is 4.43. The van der Waals surface area contributed by atoms with E-state index >= 15 is 0 Å². The van der Waals surface area contributed by atoms with Crippen LogP contribution in [-0.4, -0.2) is 44.2 Å². The van der Waals surface area contributed by atoms with E-state index in [1.54, 1.807) is 16.5 Å². The number of aromatic nitrogens is 4. The molecule has 1 aromatic carbocycles. The number of amides is 1. The third-order valence-corrected chi connectivity index (χ3v) is 4.01. The molecule has 1 amide bonds. The Morgan fingerprint density at radius 2 is 2.00 bits per heavy atom. The van der Waals surface area contributed by atoms with Crippen LogP contribution in [0.15, 0.2) is 24.3 Å². The van der Waals surface area contributed by atoms with Crippen molar-refractivity contribution >= 4 is 11.7 Å². The lowest BCUT2D eigenvalue weighted by Gasteiger charge is -2.15. The summed E-state index contributed by atoms with van der Waals surface area (Å²) in [7, 11) is 1.71. The van der Waals surface area contributed by atoms with Gasteiger partial charge in [-0.25, -0.2) is 9.50 Å². The highest BCUT2D eigenvalue weighted by Gasteiger charge is 2.20. The maximum atomic E-state index is 12.7. The van der Waals surface area contributed by atoms with E-state index in [2.05, 4.69) is 15.1 Å². The van der Waals surface area contributed by atoms with Crippen LogP contribution in [0.2, 0.25) is 0 Å². The molecule has 25 heavy (non-hydrogen) atoms. The van der Waals surface area contributed by atoms with Gasteiger partial charge in [0.1, 0.15) is 0 Å². The standard InChI is InChI=1S/C17H17N5O3/c1-10-6-11(2)22-17(18-10)19-15(20-22)16(23)21(3)8-12-4-5-13-14(7-12)25-9-24-13/h4-7H,8-9H2,1-3H3. The van der Waals surface area contributed by atoms with Crippen molar-refractivity contribution in [2.75, 3.05) is 13.8 Å². The average Bonchev–Trinajstić information content (AvgIpc) is 3.20. The minimum atomic E-state index is -0.264. The van der Waals surface area contributed by atoms with Gasteiger partial charge in [-0.3, -0.25) is 4.79 Å². The van der Waals surface area contributed by atoms with E-state index in [0.717, 1.165) is 22.7 Å². The first kappa shape index (κ1) is 15.4. The maximum Gasteiger partial charge on any atom is 0.293 e. The Hall–Kier alpha value is -3.16. The van der Waals surface area contributed by atoms with Gasteiger partial charge in [-0.15, -0.1) is 5.10 Å². The Morgan fingerprint density at radius 3 is 2.84 bits per heavy atom. The van der Waals surface area contributed by atoms with Gasteiger partial charge in [0.15, 0.2) is 11.5 Å². The Kier molecular flexibility index (Phi) is 3.52. The average molecular weight is 339 g/mol. The Morgan fingerprint density at radius 1 is 1.20 bits per heavy atom. The number of rotatable bonds is 3. The number of fused-ring (bicyclic) bond motifs is 2. The first-order valence-electron chi connectivity index (χ1n) is 7.86. The molecule has 0 atom stereocenters. The Balaban J connectivity index is 1.57. The fraction of sp³-hybridized carbons (Fsp3) is 0.294. The van der Waals surface area contributed by atoms with Gasteiger partial charge < -0.3 is 14.4 Å². The smallest absolute Gasteiger partial charge is 0.293 e. The molecule has 1 aliphatic rings. The zero-order valence-corrected chi connectivity index (χ0v) is 14.2. The number of aryl methyl sites for hydroxylation is 2. The highest BCUT2D eigenvalue weighted by Crippen LogP contribution is 2.32. The van der Waals surface area contributed by atoms with E-state index < -0.39 is 0 Å². The van der Waals surface area contributed by atoms with Gasteiger partial charge in [0.25, 0.3) is 11.7 Å². The number of hydrogen-bond donors (Lipinski definition) is 0. The molecule has 3 heterocycles. The summed E-state index contributed by atoms with van der Waals surface area (Å²) in [4.78, 5) is 22.8. The number of nitrogens with zero attached hydrogens (tertiary/aromatic N) is 5. The van der Waals surface area contributed by atoms with Crippen molar-refractivity contribution < 1.29 is 14.3 Å². The normalized spacial score (nSPS) is 12.6. The van der Waals surface area contributed by atoms with E-state index in [-0.39, 0.29) is 18.5 Å². The van der Waals surface area contributed by atoms with Gasteiger partial charge in [-0.05, 0) is 37.6 Å². The summed E-state index contributed by atoms with van der Waals surface area (Å²) in [6, 6.07) is 7.52. The van der Waals surface area contributed by atoms with Gasteiger partial charge in [-0.2, -0.15) is 4.98 Å². The molecule has 128 valence electrons. The van der Waals surface area contributed by atoms with Crippen LogP contribution in [0, 0.1) is 13.8 Å². The Labute approximate surface area is 144 Å². The minimum Gasteiger partial charge on any atom is -0.454 e. The van der Waals surface area contributed by atoms with Crippen LogP contribution < -0.4 is 9.47 Å². The van der Waals surface area contributed by atoms with Gasteiger partial charge >= 0.3 is 0 Å². The molecular formula is C17H17N5O3. The SMILES string of the molecule is Cc1cc(C)n2nc(C(=O)N(C)Cc3ccc4c(c3)OCO4)nc2n1. The van der Waals surface area contributed by atoms with Crippen LogP contribution in [0.4, 0.5) is 0 Å². The number of ether oxygens (including phenoxy) is 2. The van der Waals surface area contributed by atoms with Gasteiger partial charge in [0, 0.05) is 25.0 Å². The van der Waals surface area contributed by atoms with Crippen molar-refractivity contribution in [3.05, 3.63) is 47.0 Å². The van der Waals surface area contributed by atoms with E-state index in [4.69, 9.17) is 9.47 Å². The fourth-order valence-electron chi connectivity index (χ4n) is 2.81. The molecule has 0 saturated heterocycles. The molecule has 0 aliphatic carbocycles. The second-order valence-electron chi connectivity index (χ2n) is 6.03. The lowest BCUT2D eigenvalue weighted by molar-refractivity contribution is 0.0773. The predicted molar refractivity (Wildman–Crippen MR) is 88.6 cm³/mol. The second-order valence-corrected chi connectivity index (χ2v) is 6.03. The lowest BCUT2D eigenvalue weighted by atomic mass is 10.2. The molecule has 0 N–H and O–H groups in total. The summed E-state index contributed by atoms with van der Waals surface area (Å²) in [5.74, 6) is 1.71. The molecule has 4 rings (SSSR count). The van der Waals surface area contributed by atoms with Gasteiger partial charge in [0.05, 0.1) is 0 Å². The van der Waals surface area contributed by atoms with Crippen molar-refractivity contribution in [3.8, 4) is 11.5 Å². The molecule has 0 saturated carbocycles. The summed E-state index contributed by atoms with van der Waals surface area (Å²) < 4.78 is 12.2. The maximum absolute atomic E-state index is 12.7. The van der Waals surface area contributed by atoms with Crippen LogP contribution in [-0.2, 0) is 6.54 Å². The van der Waals surface area contributed by atoms with Crippen LogP contribution in [0.1, 0.15) is 27.6 Å². The molecule has 8 heteroatoms. The zero-order chi connectivity index (χ0) is 17.6. The van der Waals surface area contributed by atoms with Crippen molar-refractivity contribution in [2.45, 2.75) is 20.4 Å². The van der Waals surface area contributed by atoms with E-state index in [1.165, 1.54) is 0 Å². The first-order chi connectivity index (χ1) is 12.0. The molecule has 0 radical (unpaired) electrons. The topological polar surface area (TPSA) is 81.9 Å². The number of benzene rings is 1. The molecular weight excluding hydrogens is 322 g/mol. The molecule has 8 nitrogen and oxygen atoms in total. The first-order valence-corrected chi connectivity index (χ1v) is 7.86. The molecule has 1 aliphatic heterocycles. The third kappa shape index (κ3) is 2.75. The molecule has 3 aromatic rings. The van der Waals surface area contributed by atoms with Gasteiger partial charge in [-0.1, -0.05) is 6.07 Å². The fourth-order valence-corrected chi connectivity index (χ4v) is 2.81. The van der Waals surface area contributed by atoms with Crippen LogP contribution in [0.25, 0.3) is 5.78 Å².